The van der Waals surface area contributed by atoms with Crippen molar-refractivity contribution < 1.29 is 24.2 Å². The molecule has 2 N–H and O–H groups in total. The van der Waals surface area contributed by atoms with Gasteiger partial charge in [0, 0.05) is 26.2 Å². The zero-order valence-electron chi connectivity index (χ0n) is 16.0. The Kier molecular flexibility index (Phi) is 6.72. The van der Waals surface area contributed by atoms with Crippen molar-refractivity contribution in [2.75, 3.05) is 26.2 Å². The van der Waals surface area contributed by atoms with Gasteiger partial charge >= 0.3 is 12.2 Å². The van der Waals surface area contributed by atoms with Crippen LogP contribution in [-0.4, -0.2) is 70.8 Å². The van der Waals surface area contributed by atoms with Crippen LogP contribution in [0.15, 0.2) is 0 Å². The van der Waals surface area contributed by atoms with E-state index in [2.05, 4.69) is 5.32 Å². The topological polar surface area (TPSA) is 99.2 Å². The van der Waals surface area contributed by atoms with Crippen LogP contribution < -0.4 is 5.32 Å². The van der Waals surface area contributed by atoms with Crippen LogP contribution in [0.3, 0.4) is 0 Å². The zero-order chi connectivity index (χ0) is 19.3. The van der Waals surface area contributed by atoms with Crippen LogP contribution in [0.2, 0.25) is 0 Å². The van der Waals surface area contributed by atoms with E-state index in [1.807, 2.05) is 0 Å². The van der Waals surface area contributed by atoms with E-state index < -0.39 is 23.8 Å². The number of piperazine rings is 1. The van der Waals surface area contributed by atoms with Gasteiger partial charge in [0.2, 0.25) is 5.91 Å². The number of ether oxygens (including phenoxy) is 1. The maximum absolute atomic E-state index is 13.1. The van der Waals surface area contributed by atoms with Gasteiger partial charge in [-0.2, -0.15) is 0 Å². The maximum Gasteiger partial charge on any atom is 0.408 e. The van der Waals surface area contributed by atoms with Gasteiger partial charge < -0.3 is 25.0 Å². The molecule has 1 saturated heterocycles. The molecule has 3 amide bonds. The molecule has 1 aliphatic carbocycles. The summed E-state index contributed by atoms with van der Waals surface area (Å²) in [5.41, 5.74) is -0.628. The molecule has 1 aliphatic heterocycles. The van der Waals surface area contributed by atoms with Gasteiger partial charge in [0.1, 0.15) is 11.6 Å². The molecule has 2 rings (SSSR count). The molecule has 8 heteroatoms. The molecule has 2 aliphatic rings. The van der Waals surface area contributed by atoms with E-state index in [0.717, 1.165) is 32.1 Å². The number of hydrogen-bond acceptors (Lipinski definition) is 4. The number of carboxylic acid groups (broad SMARTS) is 1. The fourth-order valence-electron chi connectivity index (χ4n) is 3.60. The predicted molar refractivity (Wildman–Crippen MR) is 95.9 cm³/mol. The molecule has 0 aromatic heterocycles. The molecule has 0 unspecified atom stereocenters. The van der Waals surface area contributed by atoms with Gasteiger partial charge in [0.15, 0.2) is 0 Å². The van der Waals surface area contributed by atoms with Crippen molar-refractivity contribution in [3.05, 3.63) is 0 Å². The standard InChI is InChI=1S/C18H31N3O5/c1-18(2,3)26-16(23)19-14(13-7-5-4-6-8-13)15(22)20-9-11-21(12-10-20)17(24)25/h13-14H,4-12H2,1-3H3,(H,19,23)(H,24,25)/t14-/m0/s1. The van der Waals surface area contributed by atoms with Gasteiger partial charge in [-0.15, -0.1) is 0 Å². The Morgan fingerprint density at radius 3 is 2.04 bits per heavy atom. The monoisotopic (exact) mass is 369 g/mol. The van der Waals surface area contributed by atoms with E-state index in [0.29, 0.717) is 26.2 Å². The summed E-state index contributed by atoms with van der Waals surface area (Å²) in [5, 5.41) is 11.8. The zero-order valence-corrected chi connectivity index (χ0v) is 16.0. The van der Waals surface area contributed by atoms with Crippen molar-refractivity contribution in [2.45, 2.75) is 64.5 Å². The van der Waals surface area contributed by atoms with E-state index in [-0.39, 0.29) is 11.8 Å². The second kappa shape index (κ2) is 8.60. The van der Waals surface area contributed by atoms with E-state index in [1.165, 1.54) is 4.90 Å². The van der Waals surface area contributed by atoms with E-state index in [9.17, 15) is 14.4 Å². The summed E-state index contributed by atoms with van der Waals surface area (Å²) < 4.78 is 5.34. The fraction of sp³-hybridized carbons (Fsp3) is 0.833. The Morgan fingerprint density at radius 2 is 1.54 bits per heavy atom. The largest absolute Gasteiger partial charge is 0.465 e. The van der Waals surface area contributed by atoms with Crippen LogP contribution in [0, 0.1) is 5.92 Å². The Hall–Kier alpha value is -1.99. The smallest absolute Gasteiger partial charge is 0.408 e. The number of rotatable bonds is 3. The lowest BCUT2D eigenvalue weighted by molar-refractivity contribution is -0.136. The molecule has 26 heavy (non-hydrogen) atoms. The number of amides is 3. The molecule has 0 spiro atoms. The quantitative estimate of drug-likeness (QED) is 0.795. The molecule has 0 aromatic carbocycles. The van der Waals surface area contributed by atoms with Crippen molar-refractivity contribution in [3.8, 4) is 0 Å². The number of hydrogen-bond donors (Lipinski definition) is 2. The minimum absolute atomic E-state index is 0.0984. The molecule has 2 fully saturated rings. The third-order valence-corrected chi connectivity index (χ3v) is 4.92. The van der Waals surface area contributed by atoms with Crippen molar-refractivity contribution in [1.82, 2.24) is 15.1 Å². The molecule has 1 saturated carbocycles. The van der Waals surface area contributed by atoms with Crippen LogP contribution in [0.1, 0.15) is 52.9 Å². The molecule has 1 heterocycles. The maximum atomic E-state index is 13.1. The summed E-state index contributed by atoms with van der Waals surface area (Å²) in [6.07, 6.45) is 3.52. The van der Waals surface area contributed by atoms with E-state index in [4.69, 9.17) is 9.84 Å². The minimum Gasteiger partial charge on any atom is -0.465 e. The summed E-state index contributed by atoms with van der Waals surface area (Å²) in [6, 6.07) is -0.610. The Balaban J connectivity index is 2.04. The van der Waals surface area contributed by atoms with Gasteiger partial charge in [0.05, 0.1) is 0 Å². The average molecular weight is 369 g/mol. The highest BCUT2D eigenvalue weighted by molar-refractivity contribution is 5.86. The van der Waals surface area contributed by atoms with Gasteiger partial charge in [0.25, 0.3) is 0 Å². The number of carbonyl (C=O) groups is 3. The van der Waals surface area contributed by atoms with E-state index >= 15 is 0 Å². The Labute approximate surface area is 154 Å². The molecular formula is C18H31N3O5. The van der Waals surface area contributed by atoms with Crippen LogP contribution in [0.5, 0.6) is 0 Å². The molecule has 0 radical (unpaired) electrons. The molecule has 0 aromatic rings. The normalized spacial score (nSPS) is 20.4. The second-order valence-corrected chi connectivity index (χ2v) is 8.12. The highest BCUT2D eigenvalue weighted by Crippen LogP contribution is 2.28. The van der Waals surface area contributed by atoms with Crippen LogP contribution in [0.4, 0.5) is 9.59 Å². The summed E-state index contributed by atoms with van der Waals surface area (Å²) in [4.78, 5) is 39.3. The summed E-state index contributed by atoms with van der Waals surface area (Å²) in [5.74, 6) is -0.0333. The van der Waals surface area contributed by atoms with Gasteiger partial charge in [-0.1, -0.05) is 19.3 Å². The Morgan fingerprint density at radius 1 is 1.00 bits per heavy atom. The van der Waals surface area contributed by atoms with E-state index in [1.54, 1.807) is 25.7 Å². The van der Waals surface area contributed by atoms with Crippen molar-refractivity contribution in [2.24, 2.45) is 5.92 Å². The first-order chi connectivity index (χ1) is 12.2. The summed E-state index contributed by atoms with van der Waals surface area (Å²) >= 11 is 0. The van der Waals surface area contributed by atoms with Gasteiger partial charge in [-0.25, -0.2) is 9.59 Å². The number of nitrogens with zero attached hydrogens (tertiary/aromatic N) is 2. The van der Waals surface area contributed by atoms with Crippen LogP contribution in [-0.2, 0) is 9.53 Å². The predicted octanol–water partition coefficient (Wildman–Crippen LogP) is 2.28. The third-order valence-electron chi connectivity index (χ3n) is 4.92. The molecular weight excluding hydrogens is 338 g/mol. The van der Waals surface area contributed by atoms with Crippen LogP contribution >= 0.6 is 0 Å². The minimum atomic E-state index is -0.965. The SMILES string of the molecule is CC(C)(C)OC(=O)N[C@H](C(=O)N1CCN(C(=O)O)CC1)C1CCCCC1. The number of nitrogens with one attached hydrogen (secondary N) is 1. The molecule has 1 atom stereocenters. The summed E-state index contributed by atoms with van der Waals surface area (Å²) in [6.45, 7) is 6.66. The highest BCUT2D eigenvalue weighted by atomic mass is 16.6. The molecule has 148 valence electrons. The third kappa shape index (κ3) is 5.78. The number of alkyl carbamates (subject to hydrolysis) is 1. The average Bonchev–Trinajstić information content (AvgIpc) is 2.58. The highest BCUT2D eigenvalue weighted by Gasteiger charge is 2.36. The first-order valence-electron chi connectivity index (χ1n) is 9.43. The van der Waals surface area contributed by atoms with Gasteiger partial charge in [-0.3, -0.25) is 4.79 Å². The lowest BCUT2D eigenvalue weighted by Crippen LogP contribution is -2.58. The molecule has 8 nitrogen and oxygen atoms in total. The first-order valence-corrected chi connectivity index (χ1v) is 9.43. The fourth-order valence-corrected chi connectivity index (χ4v) is 3.60. The van der Waals surface area contributed by atoms with Crippen molar-refractivity contribution in [3.63, 3.8) is 0 Å². The van der Waals surface area contributed by atoms with Crippen LogP contribution in [0.25, 0.3) is 0 Å². The lowest BCUT2D eigenvalue weighted by Gasteiger charge is -2.38. The number of carbonyl (C=O) groups excluding carboxylic acids is 2. The van der Waals surface area contributed by atoms with Gasteiger partial charge in [-0.05, 0) is 39.5 Å². The first kappa shape index (κ1) is 20.3. The Bertz CT molecular complexity index is 517. The van der Waals surface area contributed by atoms with Crippen molar-refractivity contribution >= 4 is 18.1 Å². The lowest BCUT2D eigenvalue weighted by atomic mass is 9.83. The van der Waals surface area contributed by atoms with Crippen molar-refractivity contribution in [1.29, 1.82) is 0 Å². The second-order valence-electron chi connectivity index (χ2n) is 8.12. The summed E-state index contributed by atoms with van der Waals surface area (Å²) in [7, 11) is 0. The molecule has 0 bridgehead atoms.